The zero-order valence-corrected chi connectivity index (χ0v) is 14.1. The number of benzene rings is 1. The highest BCUT2D eigenvalue weighted by atomic mass is 32.1. The number of nitrogens with zero attached hydrogens (tertiary/aromatic N) is 1. The Kier molecular flexibility index (Phi) is 4.81. The van der Waals surface area contributed by atoms with Crippen molar-refractivity contribution >= 4 is 17.2 Å². The summed E-state index contributed by atoms with van der Waals surface area (Å²) in [7, 11) is 0. The molecule has 1 aliphatic heterocycles. The van der Waals surface area contributed by atoms with Crippen LogP contribution in [-0.4, -0.2) is 17.7 Å². The van der Waals surface area contributed by atoms with Gasteiger partial charge in [-0.1, -0.05) is 19.9 Å². The Labute approximate surface area is 139 Å². The van der Waals surface area contributed by atoms with E-state index >= 15 is 0 Å². The number of hydrogen-bond acceptors (Lipinski definition) is 5. The third-order valence-corrected chi connectivity index (χ3v) is 4.58. The molecule has 0 bridgehead atoms. The van der Waals surface area contributed by atoms with Crippen molar-refractivity contribution in [1.82, 2.24) is 10.3 Å². The van der Waals surface area contributed by atoms with Gasteiger partial charge in [0.05, 0.1) is 10.7 Å². The van der Waals surface area contributed by atoms with Crippen molar-refractivity contribution in [1.29, 1.82) is 0 Å². The number of nitrogens with one attached hydrogen (secondary N) is 1. The van der Waals surface area contributed by atoms with Crippen molar-refractivity contribution in [3.63, 3.8) is 0 Å². The number of carbonyl (C=O) groups excluding carboxylic acids is 1. The first-order valence-electron chi connectivity index (χ1n) is 7.71. The first-order chi connectivity index (χ1) is 11.1. The number of amides is 1. The Morgan fingerprint density at radius 3 is 2.96 bits per heavy atom. The minimum Gasteiger partial charge on any atom is -0.454 e. The quantitative estimate of drug-likeness (QED) is 0.882. The van der Waals surface area contributed by atoms with E-state index in [-0.39, 0.29) is 12.7 Å². The lowest BCUT2D eigenvalue weighted by Crippen LogP contribution is -2.22. The molecule has 0 saturated heterocycles. The summed E-state index contributed by atoms with van der Waals surface area (Å²) < 4.78 is 10.6. The fourth-order valence-corrected chi connectivity index (χ4v) is 3.23. The second kappa shape index (κ2) is 7.00. The highest BCUT2D eigenvalue weighted by molar-refractivity contribution is 7.09. The lowest BCUT2D eigenvalue weighted by Gasteiger charge is -2.06. The Hall–Kier alpha value is -2.08. The van der Waals surface area contributed by atoms with Crippen molar-refractivity contribution in [3.05, 3.63) is 39.8 Å². The van der Waals surface area contributed by atoms with E-state index in [1.165, 1.54) is 0 Å². The molecule has 2 aromatic rings. The van der Waals surface area contributed by atoms with Gasteiger partial charge in [0.2, 0.25) is 12.7 Å². The monoisotopic (exact) mass is 332 g/mol. The van der Waals surface area contributed by atoms with Crippen LogP contribution in [0.25, 0.3) is 0 Å². The van der Waals surface area contributed by atoms with E-state index in [1.807, 2.05) is 18.2 Å². The molecular weight excluding hydrogens is 312 g/mol. The number of thiazole rings is 1. The molecule has 0 fully saturated rings. The second-order valence-corrected chi connectivity index (χ2v) is 6.73. The van der Waals surface area contributed by atoms with Crippen molar-refractivity contribution in [2.24, 2.45) is 0 Å². The van der Waals surface area contributed by atoms with Crippen molar-refractivity contribution in [2.75, 3.05) is 6.79 Å². The van der Waals surface area contributed by atoms with Crippen LogP contribution in [0.5, 0.6) is 11.5 Å². The number of hydrogen-bond donors (Lipinski definition) is 1. The van der Waals surface area contributed by atoms with Gasteiger partial charge in [0.25, 0.3) is 0 Å². The normalized spacial score (nSPS) is 12.7. The molecule has 6 heteroatoms. The molecule has 122 valence electrons. The SMILES string of the molecule is CC(C)c1csc(CCC(=O)NCc2ccc3c(c2)OCO3)n1. The van der Waals surface area contributed by atoms with Gasteiger partial charge in [-0.15, -0.1) is 11.3 Å². The van der Waals surface area contributed by atoms with Gasteiger partial charge in [-0.25, -0.2) is 4.98 Å². The second-order valence-electron chi connectivity index (χ2n) is 5.79. The van der Waals surface area contributed by atoms with Crippen molar-refractivity contribution in [2.45, 2.75) is 39.2 Å². The fourth-order valence-electron chi connectivity index (χ4n) is 2.27. The third kappa shape index (κ3) is 4.01. The Bertz CT molecular complexity index is 697. The summed E-state index contributed by atoms with van der Waals surface area (Å²) in [5.74, 6) is 1.95. The Morgan fingerprint density at radius 2 is 2.17 bits per heavy atom. The molecule has 0 unspecified atom stereocenters. The van der Waals surface area contributed by atoms with Gasteiger partial charge < -0.3 is 14.8 Å². The maximum Gasteiger partial charge on any atom is 0.231 e. The van der Waals surface area contributed by atoms with Crippen LogP contribution in [0, 0.1) is 0 Å². The summed E-state index contributed by atoms with van der Waals surface area (Å²) >= 11 is 1.63. The molecule has 0 atom stereocenters. The highest BCUT2D eigenvalue weighted by Gasteiger charge is 2.13. The minimum atomic E-state index is 0.0314. The largest absolute Gasteiger partial charge is 0.454 e. The number of carbonyl (C=O) groups is 1. The van der Waals surface area contributed by atoms with Gasteiger partial charge in [0.1, 0.15) is 0 Å². The first-order valence-corrected chi connectivity index (χ1v) is 8.59. The zero-order valence-electron chi connectivity index (χ0n) is 13.3. The lowest BCUT2D eigenvalue weighted by atomic mass is 10.2. The molecule has 1 aromatic heterocycles. The average Bonchev–Trinajstić information content (AvgIpc) is 3.19. The van der Waals surface area contributed by atoms with Crippen LogP contribution in [0.2, 0.25) is 0 Å². The molecule has 23 heavy (non-hydrogen) atoms. The van der Waals surface area contributed by atoms with Gasteiger partial charge in [0.15, 0.2) is 11.5 Å². The maximum atomic E-state index is 12.0. The molecule has 1 aromatic carbocycles. The number of aromatic nitrogens is 1. The predicted octanol–water partition coefficient (Wildman–Crippen LogP) is 3.24. The van der Waals surface area contributed by atoms with Crippen LogP contribution in [0.3, 0.4) is 0 Å². The lowest BCUT2D eigenvalue weighted by molar-refractivity contribution is -0.121. The summed E-state index contributed by atoms with van der Waals surface area (Å²) in [5, 5.41) is 6.03. The van der Waals surface area contributed by atoms with E-state index in [1.54, 1.807) is 11.3 Å². The summed E-state index contributed by atoms with van der Waals surface area (Å²) in [4.78, 5) is 16.5. The standard InChI is InChI=1S/C17H20N2O3S/c1-11(2)13-9-23-17(19-13)6-5-16(20)18-8-12-3-4-14-15(7-12)22-10-21-14/h3-4,7,9,11H,5-6,8,10H2,1-2H3,(H,18,20). The molecular formula is C17H20N2O3S. The van der Waals surface area contributed by atoms with E-state index in [0.717, 1.165) is 27.8 Å². The van der Waals surface area contributed by atoms with E-state index in [4.69, 9.17) is 9.47 Å². The van der Waals surface area contributed by atoms with Gasteiger partial charge in [-0.3, -0.25) is 4.79 Å². The van der Waals surface area contributed by atoms with E-state index in [0.29, 0.717) is 25.3 Å². The summed E-state index contributed by atoms with van der Waals surface area (Å²) in [6, 6.07) is 5.70. The van der Waals surface area contributed by atoms with Crippen LogP contribution in [-0.2, 0) is 17.8 Å². The van der Waals surface area contributed by atoms with Gasteiger partial charge in [0, 0.05) is 24.8 Å². The van der Waals surface area contributed by atoms with Crippen molar-refractivity contribution < 1.29 is 14.3 Å². The average molecular weight is 332 g/mol. The van der Waals surface area contributed by atoms with Crippen LogP contribution >= 0.6 is 11.3 Å². The summed E-state index contributed by atoms with van der Waals surface area (Å²) in [6.45, 7) is 5.00. The Morgan fingerprint density at radius 1 is 1.35 bits per heavy atom. The molecule has 5 nitrogen and oxygen atoms in total. The summed E-state index contributed by atoms with van der Waals surface area (Å²) in [6.07, 6.45) is 1.14. The number of rotatable bonds is 6. The molecule has 1 amide bonds. The summed E-state index contributed by atoms with van der Waals surface area (Å²) in [5.41, 5.74) is 2.10. The topological polar surface area (TPSA) is 60.5 Å². The molecule has 0 spiro atoms. The van der Waals surface area contributed by atoms with E-state index in [2.05, 4.69) is 29.5 Å². The predicted molar refractivity (Wildman–Crippen MR) is 88.9 cm³/mol. The molecule has 2 heterocycles. The fraction of sp³-hybridized carbons (Fsp3) is 0.412. The molecule has 1 N–H and O–H groups in total. The number of aryl methyl sites for hydroxylation is 1. The smallest absolute Gasteiger partial charge is 0.231 e. The molecule has 0 radical (unpaired) electrons. The van der Waals surface area contributed by atoms with Gasteiger partial charge >= 0.3 is 0 Å². The van der Waals surface area contributed by atoms with Crippen molar-refractivity contribution in [3.8, 4) is 11.5 Å². The molecule has 3 rings (SSSR count). The van der Waals surface area contributed by atoms with Crippen LogP contribution in [0.1, 0.15) is 42.5 Å². The van der Waals surface area contributed by atoms with E-state index in [9.17, 15) is 4.79 Å². The highest BCUT2D eigenvalue weighted by Crippen LogP contribution is 2.32. The number of ether oxygens (including phenoxy) is 2. The Balaban J connectivity index is 1.46. The number of fused-ring (bicyclic) bond motifs is 1. The first kappa shape index (κ1) is 15.8. The van der Waals surface area contributed by atoms with Crippen LogP contribution in [0.15, 0.2) is 23.6 Å². The third-order valence-electron chi connectivity index (χ3n) is 3.65. The zero-order chi connectivity index (χ0) is 16.2. The van der Waals surface area contributed by atoms with E-state index < -0.39 is 0 Å². The molecule has 0 aliphatic carbocycles. The van der Waals surface area contributed by atoms with Gasteiger partial charge in [-0.05, 0) is 23.6 Å². The van der Waals surface area contributed by atoms with Crippen LogP contribution < -0.4 is 14.8 Å². The minimum absolute atomic E-state index is 0.0314. The maximum absolute atomic E-state index is 12.0. The molecule has 1 aliphatic rings. The molecule has 0 saturated carbocycles. The van der Waals surface area contributed by atoms with Gasteiger partial charge in [-0.2, -0.15) is 0 Å². The van der Waals surface area contributed by atoms with Crippen LogP contribution in [0.4, 0.5) is 0 Å².